The minimum Gasteiger partial charge on any atom is -0.308 e. The summed E-state index contributed by atoms with van der Waals surface area (Å²) in [6.45, 7) is 0. The first kappa shape index (κ1) is 11.5. The minimum absolute atomic E-state index is 0.252. The van der Waals surface area contributed by atoms with Gasteiger partial charge in [0.15, 0.2) is 0 Å². The molecule has 0 unspecified atom stereocenters. The van der Waals surface area contributed by atoms with Crippen LogP contribution in [-0.2, 0) is 0 Å². The summed E-state index contributed by atoms with van der Waals surface area (Å²) in [5.74, 6) is 0.252. The van der Waals surface area contributed by atoms with Crippen LogP contribution in [-0.4, -0.2) is 16.0 Å². The molecule has 86 valence electrons. The van der Waals surface area contributed by atoms with E-state index < -0.39 is 0 Å². The van der Waals surface area contributed by atoms with Crippen LogP contribution in [0.3, 0.4) is 0 Å². The fraction of sp³-hybridized carbons (Fsp3) is 0. The van der Waals surface area contributed by atoms with Crippen molar-refractivity contribution in [2.75, 3.05) is 10.6 Å². The normalized spacial score (nSPS) is 9.71. The Morgan fingerprint density at radius 1 is 1.06 bits per heavy atom. The summed E-state index contributed by atoms with van der Waals surface area (Å²) in [5, 5.41) is 5.19. The van der Waals surface area contributed by atoms with E-state index in [-0.39, 0.29) is 12.0 Å². The summed E-state index contributed by atoms with van der Waals surface area (Å²) in [6, 6.07) is 8.76. The van der Waals surface area contributed by atoms with E-state index in [0.29, 0.717) is 5.69 Å². The van der Waals surface area contributed by atoms with Gasteiger partial charge in [-0.25, -0.2) is 14.8 Å². The molecule has 0 aliphatic rings. The predicted molar refractivity (Wildman–Crippen MR) is 68.8 cm³/mol. The Kier molecular flexibility index (Phi) is 3.66. The molecule has 2 amide bonds. The highest BCUT2D eigenvalue weighted by atomic mass is 79.9. The molecule has 0 fully saturated rings. The molecule has 2 N–H and O–H groups in total. The molecule has 0 radical (unpaired) electrons. The number of hydrogen-bond donors (Lipinski definition) is 2. The number of amides is 2. The third kappa shape index (κ3) is 3.53. The summed E-state index contributed by atoms with van der Waals surface area (Å²) in [6.07, 6.45) is 3.12. The zero-order chi connectivity index (χ0) is 12.1. The first-order valence-corrected chi connectivity index (χ1v) is 5.64. The number of nitrogens with one attached hydrogen (secondary N) is 2. The average Bonchev–Trinajstić information content (AvgIpc) is 2.33. The third-order valence-electron chi connectivity index (χ3n) is 1.88. The zero-order valence-electron chi connectivity index (χ0n) is 8.72. The maximum Gasteiger partial charge on any atom is 0.326 e. The lowest BCUT2D eigenvalue weighted by atomic mass is 10.3. The first-order valence-electron chi connectivity index (χ1n) is 4.84. The second-order valence-corrected chi connectivity index (χ2v) is 4.09. The Bertz CT molecular complexity index is 501. The van der Waals surface area contributed by atoms with E-state index in [2.05, 4.69) is 36.5 Å². The van der Waals surface area contributed by atoms with Gasteiger partial charge < -0.3 is 5.32 Å². The Balaban J connectivity index is 1.96. The van der Waals surface area contributed by atoms with Gasteiger partial charge >= 0.3 is 6.03 Å². The number of nitrogens with zero attached hydrogens (tertiary/aromatic N) is 2. The van der Waals surface area contributed by atoms with Gasteiger partial charge in [0.05, 0.1) is 4.47 Å². The molecule has 1 heterocycles. The van der Waals surface area contributed by atoms with Crippen LogP contribution in [0.15, 0.2) is 47.2 Å². The predicted octanol–water partition coefficient (Wildman–Crippen LogP) is 2.88. The molecule has 1 aromatic carbocycles. The lowest BCUT2D eigenvalue weighted by molar-refractivity contribution is 0.262. The SMILES string of the molecule is O=C(Nc1ccccc1)Nc1ncc(Br)cn1. The average molecular weight is 293 g/mol. The van der Waals surface area contributed by atoms with E-state index in [0.717, 1.165) is 4.47 Å². The number of benzene rings is 1. The van der Waals surface area contributed by atoms with Gasteiger partial charge in [0.2, 0.25) is 5.95 Å². The van der Waals surface area contributed by atoms with Gasteiger partial charge in [-0.3, -0.25) is 5.32 Å². The van der Waals surface area contributed by atoms with Crippen LogP contribution in [0.5, 0.6) is 0 Å². The van der Waals surface area contributed by atoms with Crippen LogP contribution in [0.25, 0.3) is 0 Å². The van der Waals surface area contributed by atoms with Crippen molar-refractivity contribution in [3.8, 4) is 0 Å². The Labute approximate surface area is 106 Å². The molecule has 2 aromatic rings. The number of anilines is 2. The van der Waals surface area contributed by atoms with Gasteiger partial charge in [-0.2, -0.15) is 0 Å². The highest BCUT2D eigenvalue weighted by Gasteiger charge is 2.03. The second-order valence-electron chi connectivity index (χ2n) is 3.17. The number of carbonyl (C=O) groups excluding carboxylic acids is 1. The number of para-hydroxylation sites is 1. The van der Waals surface area contributed by atoms with Gasteiger partial charge in [0, 0.05) is 18.1 Å². The quantitative estimate of drug-likeness (QED) is 0.894. The van der Waals surface area contributed by atoms with Gasteiger partial charge in [-0.05, 0) is 28.1 Å². The van der Waals surface area contributed by atoms with Crippen molar-refractivity contribution < 1.29 is 4.79 Å². The van der Waals surface area contributed by atoms with Crippen LogP contribution in [0.1, 0.15) is 0 Å². The van der Waals surface area contributed by atoms with E-state index >= 15 is 0 Å². The van der Waals surface area contributed by atoms with E-state index in [9.17, 15) is 4.79 Å². The smallest absolute Gasteiger partial charge is 0.308 e. The minimum atomic E-state index is -0.376. The molecule has 0 bridgehead atoms. The van der Waals surface area contributed by atoms with Crippen molar-refractivity contribution in [2.24, 2.45) is 0 Å². The maximum absolute atomic E-state index is 11.6. The van der Waals surface area contributed by atoms with Crippen LogP contribution in [0.4, 0.5) is 16.4 Å². The summed E-state index contributed by atoms with van der Waals surface area (Å²) < 4.78 is 0.756. The van der Waals surface area contributed by atoms with Gasteiger partial charge in [0.25, 0.3) is 0 Å². The zero-order valence-corrected chi connectivity index (χ0v) is 10.3. The molecule has 6 heteroatoms. The highest BCUT2D eigenvalue weighted by molar-refractivity contribution is 9.10. The van der Waals surface area contributed by atoms with Crippen LogP contribution >= 0.6 is 15.9 Å². The largest absolute Gasteiger partial charge is 0.326 e. The summed E-state index contributed by atoms with van der Waals surface area (Å²) in [5.41, 5.74) is 0.710. The van der Waals surface area contributed by atoms with Crippen molar-refractivity contribution >= 4 is 33.6 Å². The molecule has 0 aliphatic carbocycles. The molecular formula is C11H9BrN4O. The molecule has 0 saturated carbocycles. The van der Waals surface area contributed by atoms with Crippen LogP contribution in [0, 0.1) is 0 Å². The van der Waals surface area contributed by atoms with E-state index in [1.54, 1.807) is 24.5 Å². The summed E-state index contributed by atoms with van der Waals surface area (Å²) in [4.78, 5) is 19.4. The number of urea groups is 1. The van der Waals surface area contributed by atoms with Gasteiger partial charge in [-0.15, -0.1) is 0 Å². The van der Waals surface area contributed by atoms with Crippen molar-refractivity contribution in [1.82, 2.24) is 9.97 Å². The number of rotatable bonds is 2. The Morgan fingerprint density at radius 3 is 2.35 bits per heavy atom. The summed E-state index contributed by atoms with van der Waals surface area (Å²) >= 11 is 3.21. The van der Waals surface area contributed by atoms with Crippen molar-refractivity contribution in [2.45, 2.75) is 0 Å². The maximum atomic E-state index is 11.6. The third-order valence-corrected chi connectivity index (χ3v) is 2.29. The van der Waals surface area contributed by atoms with Gasteiger partial charge in [0.1, 0.15) is 0 Å². The standard InChI is InChI=1S/C11H9BrN4O/c12-8-6-13-10(14-7-8)16-11(17)15-9-4-2-1-3-5-9/h1-7H,(H2,13,14,15,16,17). The van der Waals surface area contributed by atoms with Crippen molar-refractivity contribution in [1.29, 1.82) is 0 Å². The lowest BCUT2D eigenvalue weighted by Crippen LogP contribution is -2.20. The van der Waals surface area contributed by atoms with Gasteiger partial charge in [-0.1, -0.05) is 18.2 Å². The molecule has 1 aromatic heterocycles. The first-order chi connectivity index (χ1) is 8.24. The molecular weight excluding hydrogens is 284 g/mol. The Hall–Kier alpha value is -1.95. The molecule has 5 nitrogen and oxygen atoms in total. The van der Waals surface area contributed by atoms with Crippen molar-refractivity contribution in [3.05, 3.63) is 47.2 Å². The molecule has 0 saturated heterocycles. The fourth-order valence-corrected chi connectivity index (χ4v) is 1.37. The molecule has 17 heavy (non-hydrogen) atoms. The molecule has 0 aliphatic heterocycles. The van der Waals surface area contributed by atoms with E-state index in [1.165, 1.54) is 0 Å². The van der Waals surface area contributed by atoms with Crippen LogP contribution < -0.4 is 10.6 Å². The van der Waals surface area contributed by atoms with Crippen molar-refractivity contribution in [3.63, 3.8) is 0 Å². The topological polar surface area (TPSA) is 66.9 Å². The highest BCUT2D eigenvalue weighted by Crippen LogP contribution is 2.08. The molecule has 0 atom stereocenters. The second kappa shape index (κ2) is 5.40. The Morgan fingerprint density at radius 2 is 1.71 bits per heavy atom. The van der Waals surface area contributed by atoms with E-state index in [1.807, 2.05) is 18.2 Å². The lowest BCUT2D eigenvalue weighted by Gasteiger charge is -2.05. The van der Waals surface area contributed by atoms with E-state index in [4.69, 9.17) is 0 Å². The molecule has 2 rings (SSSR count). The summed E-state index contributed by atoms with van der Waals surface area (Å²) in [7, 11) is 0. The fourth-order valence-electron chi connectivity index (χ4n) is 1.16. The number of hydrogen-bond acceptors (Lipinski definition) is 3. The number of halogens is 1. The molecule has 0 spiro atoms. The van der Waals surface area contributed by atoms with Crippen LogP contribution in [0.2, 0.25) is 0 Å². The number of carbonyl (C=O) groups is 1. The monoisotopic (exact) mass is 292 g/mol. The number of aromatic nitrogens is 2.